The molecule has 0 saturated carbocycles. The highest BCUT2D eigenvalue weighted by Gasteiger charge is 2.63. The number of hydrogen-bond acceptors (Lipinski definition) is 5. The number of ether oxygens (including phenoxy) is 5. The molecule has 176 valence electrons. The Morgan fingerprint density at radius 1 is 0.882 bits per heavy atom. The van der Waals surface area contributed by atoms with Crippen molar-refractivity contribution < 1.29 is 23.7 Å². The Morgan fingerprint density at radius 3 is 2.29 bits per heavy atom. The number of rotatable bonds is 11. The van der Waals surface area contributed by atoms with E-state index in [-0.39, 0.29) is 18.3 Å². The molecule has 0 amide bonds. The van der Waals surface area contributed by atoms with E-state index >= 15 is 0 Å². The molecule has 2 heterocycles. The molecule has 0 aromatic heterocycles. The van der Waals surface area contributed by atoms with Crippen LogP contribution in [0.2, 0.25) is 0 Å². The standard InChI is InChI=1S/C29H30O5/c1-2-17-31-25-16-10-9-15-24(25)26-27-28(32-19-23-13-7-4-8-14-23)29(34-26,21-33-27)20-30-18-22-11-5-3-6-12-22/h2-16,26-28H,1,17-21H2/t26-,27-,28-,29-/m0/s1. The van der Waals surface area contributed by atoms with Gasteiger partial charge in [0.05, 0.1) is 26.4 Å². The molecule has 2 saturated heterocycles. The van der Waals surface area contributed by atoms with Crippen molar-refractivity contribution in [1.82, 2.24) is 0 Å². The highest BCUT2D eigenvalue weighted by Crippen LogP contribution is 2.50. The molecule has 5 rings (SSSR count). The lowest BCUT2D eigenvalue weighted by atomic mass is 9.96. The minimum atomic E-state index is -0.690. The fourth-order valence-corrected chi connectivity index (χ4v) is 4.69. The maximum atomic E-state index is 6.71. The van der Waals surface area contributed by atoms with Crippen molar-refractivity contribution in [2.75, 3.05) is 19.8 Å². The van der Waals surface area contributed by atoms with Crippen LogP contribution in [0.5, 0.6) is 5.75 Å². The fraction of sp³-hybridized carbons (Fsp3) is 0.310. The first-order valence-electron chi connectivity index (χ1n) is 11.7. The molecular weight excluding hydrogens is 428 g/mol. The Kier molecular flexibility index (Phi) is 7.07. The second kappa shape index (κ2) is 10.5. The second-order valence-corrected chi connectivity index (χ2v) is 8.71. The Labute approximate surface area is 200 Å². The molecule has 3 aromatic rings. The van der Waals surface area contributed by atoms with Crippen molar-refractivity contribution in [3.05, 3.63) is 114 Å². The van der Waals surface area contributed by atoms with E-state index in [2.05, 4.69) is 30.8 Å². The van der Waals surface area contributed by atoms with Gasteiger partial charge in [-0.2, -0.15) is 0 Å². The van der Waals surface area contributed by atoms with Crippen LogP contribution in [0.15, 0.2) is 97.6 Å². The van der Waals surface area contributed by atoms with Gasteiger partial charge in [-0.05, 0) is 17.2 Å². The number of hydrogen-bond donors (Lipinski definition) is 0. The summed E-state index contributed by atoms with van der Waals surface area (Å²) in [6, 6.07) is 28.2. The van der Waals surface area contributed by atoms with Crippen LogP contribution in [0.25, 0.3) is 0 Å². The summed E-state index contributed by atoms with van der Waals surface area (Å²) in [5.41, 5.74) is 2.49. The summed E-state index contributed by atoms with van der Waals surface area (Å²) in [7, 11) is 0. The first-order chi connectivity index (χ1) is 16.8. The Bertz CT molecular complexity index is 1070. The van der Waals surface area contributed by atoms with Crippen molar-refractivity contribution in [2.45, 2.75) is 37.1 Å². The molecule has 2 fully saturated rings. The van der Waals surface area contributed by atoms with Crippen molar-refractivity contribution in [1.29, 1.82) is 0 Å². The zero-order valence-corrected chi connectivity index (χ0v) is 19.2. The first-order valence-corrected chi connectivity index (χ1v) is 11.7. The molecule has 4 atom stereocenters. The molecule has 0 unspecified atom stereocenters. The zero-order valence-electron chi connectivity index (χ0n) is 19.2. The highest BCUT2D eigenvalue weighted by atomic mass is 16.7. The molecule has 2 bridgehead atoms. The lowest BCUT2D eigenvalue weighted by Gasteiger charge is -2.31. The number of benzene rings is 3. The summed E-state index contributed by atoms with van der Waals surface area (Å²) < 4.78 is 31.5. The van der Waals surface area contributed by atoms with E-state index in [1.165, 1.54) is 0 Å². The van der Waals surface area contributed by atoms with E-state index in [9.17, 15) is 0 Å². The van der Waals surface area contributed by atoms with Crippen molar-refractivity contribution in [3.63, 3.8) is 0 Å². The van der Waals surface area contributed by atoms with Gasteiger partial charge in [0.15, 0.2) is 0 Å². The molecule has 2 aliphatic rings. The van der Waals surface area contributed by atoms with Gasteiger partial charge >= 0.3 is 0 Å². The van der Waals surface area contributed by atoms with E-state index in [4.69, 9.17) is 23.7 Å². The van der Waals surface area contributed by atoms with Crippen LogP contribution in [-0.4, -0.2) is 37.6 Å². The molecular formula is C29H30O5. The van der Waals surface area contributed by atoms with E-state index < -0.39 is 5.60 Å². The van der Waals surface area contributed by atoms with Gasteiger partial charge in [-0.1, -0.05) is 91.5 Å². The third-order valence-corrected chi connectivity index (χ3v) is 6.31. The predicted octanol–water partition coefficient (Wildman–Crippen LogP) is 5.26. The maximum absolute atomic E-state index is 6.71. The first kappa shape index (κ1) is 22.8. The minimum Gasteiger partial charge on any atom is -0.489 e. The Balaban J connectivity index is 1.37. The molecule has 5 nitrogen and oxygen atoms in total. The summed E-state index contributed by atoms with van der Waals surface area (Å²) in [4.78, 5) is 0. The van der Waals surface area contributed by atoms with E-state index in [1.807, 2.05) is 60.7 Å². The van der Waals surface area contributed by atoms with Gasteiger partial charge in [-0.15, -0.1) is 0 Å². The second-order valence-electron chi connectivity index (χ2n) is 8.71. The molecule has 0 spiro atoms. The zero-order chi connectivity index (χ0) is 23.2. The third-order valence-electron chi connectivity index (χ3n) is 6.31. The Hall–Kier alpha value is -2.96. The smallest absolute Gasteiger partial charge is 0.144 e. The number of para-hydroxylation sites is 1. The van der Waals surface area contributed by atoms with Gasteiger partial charge in [-0.3, -0.25) is 0 Å². The van der Waals surface area contributed by atoms with Crippen molar-refractivity contribution >= 4 is 0 Å². The van der Waals surface area contributed by atoms with Crippen LogP contribution in [0.4, 0.5) is 0 Å². The molecule has 0 radical (unpaired) electrons. The van der Waals surface area contributed by atoms with Gasteiger partial charge in [-0.25, -0.2) is 0 Å². The highest BCUT2D eigenvalue weighted by molar-refractivity contribution is 5.38. The van der Waals surface area contributed by atoms with E-state index in [1.54, 1.807) is 6.08 Å². The number of fused-ring (bicyclic) bond motifs is 2. The van der Waals surface area contributed by atoms with Crippen LogP contribution in [-0.2, 0) is 32.2 Å². The van der Waals surface area contributed by atoms with E-state index in [0.29, 0.717) is 33.0 Å². The minimum absolute atomic E-state index is 0.252. The lowest BCUT2D eigenvalue weighted by molar-refractivity contribution is -0.176. The lowest BCUT2D eigenvalue weighted by Crippen LogP contribution is -2.46. The van der Waals surface area contributed by atoms with Crippen molar-refractivity contribution in [3.8, 4) is 5.75 Å². The van der Waals surface area contributed by atoms with Crippen molar-refractivity contribution in [2.24, 2.45) is 0 Å². The summed E-state index contributed by atoms with van der Waals surface area (Å²) in [6.45, 7) is 5.98. The Morgan fingerprint density at radius 2 is 1.56 bits per heavy atom. The molecule has 5 heteroatoms. The maximum Gasteiger partial charge on any atom is 0.144 e. The van der Waals surface area contributed by atoms with Gasteiger partial charge in [0.1, 0.15) is 36.3 Å². The third kappa shape index (κ3) is 4.79. The summed E-state index contributed by atoms with van der Waals surface area (Å²) in [5.74, 6) is 0.769. The van der Waals surface area contributed by atoms with Crippen LogP contribution in [0.1, 0.15) is 22.8 Å². The van der Waals surface area contributed by atoms with Gasteiger partial charge in [0.25, 0.3) is 0 Å². The summed E-state index contributed by atoms with van der Waals surface area (Å²) >= 11 is 0. The average Bonchev–Trinajstić information content (AvgIpc) is 3.39. The summed E-state index contributed by atoms with van der Waals surface area (Å²) in [6.07, 6.45) is 0.911. The molecule has 2 aliphatic heterocycles. The summed E-state index contributed by atoms with van der Waals surface area (Å²) in [5, 5.41) is 0. The van der Waals surface area contributed by atoms with Gasteiger partial charge in [0.2, 0.25) is 0 Å². The SMILES string of the molecule is C=CCOc1ccccc1[C@@H]1O[C@@]2(COCc3ccccc3)CO[C@@H]1[C@@H]2OCc1ccccc1. The fourth-order valence-electron chi connectivity index (χ4n) is 4.69. The molecule has 0 aliphatic carbocycles. The van der Waals surface area contributed by atoms with E-state index in [0.717, 1.165) is 22.4 Å². The monoisotopic (exact) mass is 458 g/mol. The average molecular weight is 459 g/mol. The van der Waals surface area contributed by atoms with Crippen LogP contribution < -0.4 is 4.74 Å². The van der Waals surface area contributed by atoms with Crippen LogP contribution >= 0.6 is 0 Å². The van der Waals surface area contributed by atoms with Crippen LogP contribution in [0, 0.1) is 0 Å². The predicted molar refractivity (Wildman–Crippen MR) is 130 cm³/mol. The topological polar surface area (TPSA) is 46.2 Å². The molecule has 0 N–H and O–H groups in total. The molecule has 34 heavy (non-hydrogen) atoms. The largest absolute Gasteiger partial charge is 0.489 e. The normalized spacial score (nSPS) is 25.4. The van der Waals surface area contributed by atoms with Gasteiger partial charge < -0.3 is 23.7 Å². The molecule has 3 aromatic carbocycles. The quantitative estimate of drug-likeness (QED) is 0.367. The van der Waals surface area contributed by atoms with Crippen LogP contribution in [0.3, 0.4) is 0 Å². The van der Waals surface area contributed by atoms with Gasteiger partial charge in [0, 0.05) is 5.56 Å².